The molecule has 2 aliphatic rings. The van der Waals surface area contributed by atoms with Crippen molar-refractivity contribution in [2.75, 3.05) is 6.54 Å². The SMILES string of the molecule is C1CCC([C@H]2CCC[NH2+]2)CC1. The van der Waals surface area contributed by atoms with Crippen LogP contribution in [0.25, 0.3) is 0 Å². The average molecular weight is 154 g/mol. The topological polar surface area (TPSA) is 16.6 Å². The van der Waals surface area contributed by atoms with Crippen LogP contribution in [0.5, 0.6) is 0 Å². The molecule has 1 heteroatoms. The first kappa shape index (κ1) is 7.60. The summed E-state index contributed by atoms with van der Waals surface area (Å²) in [4.78, 5) is 0. The minimum absolute atomic E-state index is 1.02. The molecule has 0 aromatic rings. The molecule has 0 bridgehead atoms. The molecule has 2 rings (SSSR count). The Labute approximate surface area is 69.6 Å². The fraction of sp³-hybridized carbons (Fsp3) is 1.00. The first-order chi connectivity index (χ1) is 5.47. The molecule has 1 saturated heterocycles. The van der Waals surface area contributed by atoms with E-state index in [1.807, 2.05) is 0 Å². The second kappa shape index (κ2) is 3.57. The van der Waals surface area contributed by atoms with Crippen LogP contribution in [0.15, 0.2) is 0 Å². The number of nitrogens with two attached hydrogens (primary N) is 1. The summed E-state index contributed by atoms with van der Waals surface area (Å²) in [5.41, 5.74) is 0. The predicted molar refractivity (Wildman–Crippen MR) is 46.4 cm³/mol. The summed E-state index contributed by atoms with van der Waals surface area (Å²) >= 11 is 0. The van der Waals surface area contributed by atoms with E-state index in [0.717, 1.165) is 12.0 Å². The van der Waals surface area contributed by atoms with Gasteiger partial charge in [-0.15, -0.1) is 0 Å². The van der Waals surface area contributed by atoms with Gasteiger partial charge in [-0.25, -0.2) is 0 Å². The number of quaternary nitrogens is 1. The Morgan fingerprint density at radius 1 is 0.818 bits per heavy atom. The average Bonchev–Trinajstić information content (AvgIpc) is 2.58. The Balaban J connectivity index is 1.82. The van der Waals surface area contributed by atoms with Crippen molar-refractivity contribution < 1.29 is 5.32 Å². The summed E-state index contributed by atoms with van der Waals surface area (Å²) in [6, 6.07) is 1.02. The molecule has 1 aliphatic heterocycles. The smallest absolute Gasteiger partial charge is 0.0889 e. The lowest BCUT2D eigenvalue weighted by molar-refractivity contribution is -0.677. The molecule has 0 spiro atoms. The number of hydrogen-bond donors (Lipinski definition) is 1. The highest BCUT2D eigenvalue weighted by Gasteiger charge is 2.28. The molecule has 1 nitrogen and oxygen atoms in total. The third-order valence-corrected chi connectivity index (χ3v) is 3.47. The predicted octanol–water partition coefficient (Wildman–Crippen LogP) is 1.29. The molecule has 0 aromatic carbocycles. The number of rotatable bonds is 1. The van der Waals surface area contributed by atoms with Gasteiger partial charge in [-0.2, -0.15) is 0 Å². The molecule has 11 heavy (non-hydrogen) atoms. The highest BCUT2D eigenvalue weighted by Crippen LogP contribution is 2.27. The third-order valence-electron chi connectivity index (χ3n) is 3.47. The van der Waals surface area contributed by atoms with Gasteiger partial charge in [0, 0.05) is 18.8 Å². The fourth-order valence-electron chi connectivity index (χ4n) is 2.79. The van der Waals surface area contributed by atoms with Crippen LogP contribution in [-0.2, 0) is 0 Å². The number of hydrogen-bond acceptors (Lipinski definition) is 0. The molecule has 0 radical (unpaired) electrons. The van der Waals surface area contributed by atoms with E-state index in [4.69, 9.17) is 0 Å². The van der Waals surface area contributed by atoms with E-state index in [0.29, 0.717) is 0 Å². The van der Waals surface area contributed by atoms with Crippen LogP contribution in [0.2, 0.25) is 0 Å². The summed E-state index contributed by atoms with van der Waals surface area (Å²) in [5, 5.41) is 2.59. The van der Waals surface area contributed by atoms with Gasteiger partial charge in [0.05, 0.1) is 12.6 Å². The largest absolute Gasteiger partial charge is 0.344 e. The molecule has 0 aromatic heterocycles. The van der Waals surface area contributed by atoms with Crippen molar-refractivity contribution in [2.24, 2.45) is 5.92 Å². The van der Waals surface area contributed by atoms with E-state index in [1.54, 1.807) is 0 Å². The summed E-state index contributed by atoms with van der Waals surface area (Å²) in [5.74, 6) is 1.09. The minimum Gasteiger partial charge on any atom is -0.344 e. The van der Waals surface area contributed by atoms with Gasteiger partial charge in [0.15, 0.2) is 0 Å². The lowest BCUT2D eigenvalue weighted by atomic mass is 9.83. The van der Waals surface area contributed by atoms with Crippen LogP contribution in [0.3, 0.4) is 0 Å². The van der Waals surface area contributed by atoms with E-state index in [1.165, 1.54) is 51.5 Å². The maximum Gasteiger partial charge on any atom is 0.0889 e. The normalized spacial score (nSPS) is 34.4. The van der Waals surface area contributed by atoms with Gasteiger partial charge in [-0.3, -0.25) is 0 Å². The summed E-state index contributed by atoms with van der Waals surface area (Å²) < 4.78 is 0. The molecule has 2 N–H and O–H groups in total. The van der Waals surface area contributed by atoms with Crippen molar-refractivity contribution in [1.82, 2.24) is 0 Å². The molecule has 0 amide bonds. The monoisotopic (exact) mass is 154 g/mol. The zero-order valence-corrected chi connectivity index (χ0v) is 7.39. The standard InChI is InChI=1S/C10H19N/c1-2-5-9(6-3-1)10-7-4-8-11-10/h9-11H,1-8H2/p+1/t10-/m1/s1. The van der Waals surface area contributed by atoms with Crippen molar-refractivity contribution in [3.8, 4) is 0 Å². The summed E-state index contributed by atoms with van der Waals surface area (Å²) in [6.45, 7) is 1.40. The zero-order chi connectivity index (χ0) is 7.52. The molecule has 1 heterocycles. The van der Waals surface area contributed by atoms with Crippen LogP contribution in [0, 0.1) is 5.92 Å². The molecular weight excluding hydrogens is 134 g/mol. The van der Waals surface area contributed by atoms with Gasteiger partial charge in [0.1, 0.15) is 0 Å². The van der Waals surface area contributed by atoms with E-state index in [2.05, 4.69) is 5.32 Å². The summed E-state index contributed by atoms with van der Waals surface area (Å²) in [6.07, 6.45) is 10.6. The van der Waals surface area contributed by atoms with Crippen LogP contribution in [-0.4, -0.2) is 12.6 Å². The highest BCUT2D eigenvalue weighted by molar-refractivity contribution is 4.74. The fourth-order valence-corrected chi connectivity index (χ4v) is 2.79. The van der Waals surface area contributed by atoms with E-state index in [-0.39, 0.29) is 0 Å². The Hall–Kier alpha value is -0.0400. The zero-order valence-electron chi connectivity index (χ0n) is 7.39. The first-order valence-corrected chi connectivity index (χ1v) is 5.30. The van der Waals surface area contributed by atoms with E-state index in [9.17, 15) is 0 Å². The van der Waals surface area contributed by atoms with E-state index >= 15 is 0 Å². The lowest BCUT2D eigenvalue weighted by Crippen LogP contribution is -2.88. The molecule has 1 aliphatic carbocycles. The second-order valence-electron chi connectivity index (χ2n) is 4.23. The lowest BCUT2D eigenvalue weighted by Gasteiger charge is -2.24. The van der Waals surface area contributed by atoms with Gasteiger partial charge >= 0.3 is 0 Å². The maximum absolute atomic E-state index is 2.59. The molecule has 64 valence electrons. The van der Waals surface area contributed by atoms with Crippen molar-refractivity contribution in [3.05, 3.63) is 0 Å². The Bertz CT molecular complexity index is 110. The van der Waals surface area contributed by atoms with Crippen LogP contribution in [0.1, 0.15) is 44.9 Å². The second-order valence-corrected chi connectivity index (χ2v) is 4.23. The Morgan fingerprint density at radius 2 is 1.64 bits per heavy atom. The van der Waals surface area contributed by atoms with Crippen molar-refractivity contribution in [1.29, 1.82) is 0 Å². The Morgan fingerprint density at radius 3 is 2.27 bits per heavy atom. The third kappa shape index (κ3) is 1.76. The van der Waals surface area contributed by atoms with Gasteiger partial charge < -0.3 is 5.32 Å². The highest BCUT2D eigenvalue weighted by atomic mass is 14.9. The van der Waals surface area contributed by atoms with Crippen molar-refractivity contribution in [3.63, 3.8) is 0 Å². The van der Waals surface area contributed by atoms with Gasteiger partial charge in [-0.05, 0) is 12.8 Å². The molecule has 1 saturated carbocycles. The maximum atomic E-state index is 2.59. The summed E-state index contributed by atoms with van der Waals surface area (Å²) in [7, 11) is 0. The van der Waals surface area contributed by atoms with Gasteiger partial charge in [0.25, 0.3) is 0 Å². The molecule has 0 unspecified atom stereocenters. The van der Waals surface area contributed by atoms with Crippen LogP contribution in [0.4, 0.5) is 0 Å². The quantitative estimate of drug-likeness (QED) is 0.586. The first-order valence-electron chi connectivity index (χ1n) is 5.30. The van der Waals surface area contributed by atoms with Crippen molar-refractivity contribution in [2.45, 2.75) is 51.0 Å². The minimum atomic E-state index is 1.02. The molecule has 2 fully saturated rings. The van der Waals surface area contributed by atoms with Crippen LogP contribution >= 0.6 is 0 Å². The Kier molecular flexibility index (Phi) is 2.47. The van der Waals surface area contributed by atoms with E-state index < -0.39 is 0 Å². The molecule has 1 atom stereocenters. The molecular formula is C10H20N+. The van der Waals surface area contributed by atoms with Crippen LogP contribution < -0.4 is 5.32 Å². The van der Waals surface area contributed by atoms with Gasteiger partial charge in [0.2, 0.25) is 0 Å². The van der Waals surface area contributed by atoms with Gasteiger partial charge in [-0.1, -0.05) is 19.3 Å². The van der Waals surface area contributed by atoms with Crippen molar-refractivity contribution >= 4 is 0 Å².